The van der Waals surface area contributed by atoms with Gasteiger partial charge in [0.25, 0.3) is 5.56 Å². The fourth-order valence-electron chi connectivity index (χ4n) is 3.67. The van der Waals surface area contributed by atoms with Crippen molar-refractivity contribution in [3.63, 3.8) is 0 Å². The normalized spacial score (nSPS) is 15.0. The Morgan fingerprint density at radius 1 is 1.00 bits per heavy atom. The second-order valence-electron chi connectivity index (χ2n) is 6.55. The highest BCUT2D eigenvalue weighted by Gasteiger charge is 2.36. The molecule has 7 heteroatoms. The average molecular weight is 437 g/mol. The van der Waals surface area contributed by atoms with Gasteiger partial charge in [0.2, 0.25) is 5.88 Å². The Labute approximate surface area is 166 Å². The molecule has 2 aromatic heterocycles. The predicted octanol–water partition coefficient (Wildman–Crippen LogP) is 4.11. The molecular formula is C21H13BrN2O4. The number of rotatable bonds is 1. The van der Waals surface area contributed by atoms with Crippen LogP contribution in [0.1, 0.15) is 22.6 Å². The Balaban J connectivity index is 1.91. The number of halogens is 1. The lowest BCUT2D eigenvalue weighted by Gasteiger charge is -2.28. The van der Waals surface area contributed by atoms with Gasteiger partial charge in [-0.25, -0.2) is 4.79 Å². The first kappa shape index (κ1) is 16.8. The van der Waals surface area contributed by atoms with Crippen molar-refractivity contribution in [2.75, 3.05) is 5.73 Å². The molecule has 0 bridgehead atoms. The molecule has 1 aliphatic rings. The van der Waals surface area contributed by atoms with Crippen molar-refractivity contribution >= 4 is 32.6 Å². The Hall–Kier alpha value is -3.32. The van der Waals surface area contributed by atoms with Gasteiger partial charge in [-0.3, -0.25) is 9.78 Å². The summed E-state index contributed by atoms with van der Waals surface area (Å²) in [6.07, 6.45) is 0. The van der Waals surface area contributed by atoms with Gasteiger partial charge in [-0.15, -0.1) is 0 Å². The SMILES string of the molecule is Nc1cc(=O)[nH]c2c1[C@H](c1ccc(Br)cc1)c1c(c3ccccc3oc1=O)O2. The lowest BCUT2D eigenvalue weighted by atomic mass is 9.83. The van der Waals surface area contributed by atoms with Gasteiger partial charge < -0.3 is 14.9 Å². The third kappa shape index (κ3) is 2.47. The summed E-state index contributed by atoms with van der Waals surface area (Å²) in [5.41, 5.74) is 7.69. The number of nitrogens with two attached hydrogens (primary N) is 1. The van der Waals surface area contributed by atoms with E-state index in [4.69, 9.17) is 14.9 Å². The molecule has 2 aromatic carbocycles. The van der Waals surface area contributed by atoms with Crippen molar-refractivity contribution in [3.8, 4) is 11.6 Å². The zero-order valence-corrected chi connectivity index (χ0v) is 15.9. The van der Waals surface area contributed by atoms with Gasteiger partial charge in [-0.1, -0.05) is 40.2 Å². The van der Waals surface area contributed by atoms with E-state index >= 15 is 0 Å². The summed E-state index contributed by atoms with van der Waals surface area (Å²) >= 11 is 3.43. The number of para-hydroxylation sites is 1. The number of aromatic amines is 1. The van der Waals surface area contributed by atoms with Crippen LogP contribution in [0.15, 0.2) is 73.1 Å². The third-order valence-electron chi connectivity index (χ3n) is 4.86. The van der Waals surface area contributed by atoms with E-state index in [2.05, 4.69) is 20.9 Å². The smallest absolute Gasteiger partial charge is 0.344 e. The number of nitrogen functional groups attached to an aromatic ring is 1. The highest BCUT2D eigenvalue weighted by atomic mass is 79.9. The summed E-state index contributed by atoms with van der Waals surface area (Å²) in [6, 6.07) is 16.0. The molecule has 138 valence electrons. The highest BCUT2D eigenvalue weighted by molar-refractivity contribution is 9.10. The van der Waals surface area contributed by atoms with E-state index in [1.165, 1.54) is 6.07 Å². The lowest BCUT2D eigenvalue weighted by Crippen LogP contribution is -2.24. The van der Waals surface area contributed by atoms with Gasteiger partial charge in [0, 0.05) is 21.8 Å². The maximum absolute atomic E-state index is 12.9. The highest BCUT2D eigenvalue weighted by Crippen LogP contribution is 2.49. The summed E-state index contributed by atoms with van der Waals surface area (Å²) in [5, 5.41) is 0.646. The predicted molar refractivity (Wildman–Crippen MR) is 109 cm³/mol. The quantitative estimate of drug-likeness (QED) is 0.385. The van der Waals surface area contributed by atoms with Crippen molar-refractivity contribution in [2.45, 2.75) is 5.92 Å². The van der Waals surface area contributed by atoms with Crippen LogP contribution in [0.3, 0.4) is 0 Å². The van der Waals surface area contributed by atoms with Gasteiger partial charge >= 0.3 is 5.63 Å². The van der Waals surface area contributed by atoms with E-state index in [9.17, 15) is 9.59 Å². The minimum Gasteiger partial charge on any atom is -0.439 e. The molecule has 0 saturated heterocycles. The minimum atomic E-state index is -0.537. The van der Waals surface area contributed by atoms with Crippen LogP contribution in [0.2, 0.25) is 0 Å². The van der Waals surface area contributed by atoms with Crippen LogP contribution in [0.4, 0.5) is 5.69 Å². The second kappa shape index (κ2) is 6.10. The Morgan fingerprint density at radius 2 is 1.75 bits per heavy atom. The van der Waals surface area contributed by atoms with E-state index in [0.29, 0.717) is 27.8 Å². The van der Waals surface area contributed by atoms with Crippen LogP contribution in [-0.2, 0) is 0 Å². The fourth-order valence-corrected chi connectivity index (χ4v) is 3.94. The lowest BCUT2D eigenvalue weighted by molar-refractivity contribution is 0.423. The van der Waals surface area contributed by atoms with Crippen LogP contribution in [-0.4, -0.2) is 4.98 Å². The number of fused-ring (bicyclic) bond motifs is 4. The molecule has 0 spiro atoms. The molecule has 3 N–H and O–H groups in total. The van der Waals surface area contributed by atoms with Crippen LogP contribution in [0, 0.1) is 0 Å². The van der Waals surface area contributed by atoms with Gasteiger partial charge in [-0.2, -0.15) is 0 Å². The molecule has 3 heterocycles. The van der Waals surface area contributed by atoms with E-state index in [-0.39, 0.29) is 17.1 Å². The van der Waals surface area contributed by atoms with E-state index in [1.54, 1.807) is 12.1 Å². The summed E-state index contributed by atoms with van der Waals surface area (Å²) in [5.74, 6) is 0.0687. The Kier molecular flexibility index (Phi) is 3.67. The van der Waals surface area contributed by atoms with Gasteiger partial charge in [0.05, 0.1) is 16.9 Å². The molecule has 0 amide bonds. The molecule has 28 heavy (non-hydrogen) atoms. The maximum Gasteiger partial charge on any atom is 0.344 e. The van der Waals surface area contributed by atoms with Crippen molar-refractivity contribution in [2.24, 2.45) is 0 Å². The Morgan fingerprint density at radius 3 is 2.54 bits per heavy atom. The zero-order valence-electron chi connectivity index (χ0n) is 14.4. The Bertz CT molecular complexity index is 1360. The largest absolute Gasteiger partial charge is 0.439 e. The number of aromatic nitrogens is 1. The van der Waals surface area contributed by atoms with Gasteiger partial charge in [0.15, 0.2) is 5.75 Å². The summed E-state index contributed by atoms with van der Waals surface area (Å²) in [7, 11) is 0. The van der Waals surface area contributed by atoms with Crippen molar-refractivity contribution in [3.05, 3.63) is 96.5 Å². The minimum absolute atomic E-state index is 0.237. The summed E-state index contributed by atoms with van der Waals surface area (Å²) in [6.45, 7) is 0. The maximum atomic E-state index is 12.9. The van der Waals surface area contributed by atoms with Crippen LogP contribution in [0.25, 0.3) is 11.0 Å². The van der Waals surface area contributed by atoms with Crippen molar-refractivity contribution in [1.82, 2.24) is 4.98 Å². The molecule has 0 fully saturated rings. The number of pyridine rings is 1. The van der Waals surface area contributed by atoms with E-state index in [0.717, 1.165) is 10.0 Å². The van der Waals surface area contributed by atoms with E-state index in [1.807, 2.05) is 36.4 Å². The standard InChI is InChI=1S/C21H13BrN2O4/c22-11-7-5-10(6-8-11)16-17-13(23)9-15(25)24-20(17)28-19-12-3-1-2-4-14(12)27-21(26)18(16)19/h1-9,16H,(H3,23,24,25)/t16-/m0/s1. The number of hydrogen-bond acceptors (Lipinski definition) is 5. The fraction of sp³-hybridized carbons (Fsp3) is 0.0476. The first-order valence-electron chi connectivity index (χ1n) is 8.54. The molecule has 0 radical (unpaired) electrons. The van der Waals surface area contributed by atoms with E-state index < -0.39 is 11.5 Å². The average Bonchev–Trinajstić information content (AvgIpc) is 2.67. The third-order valence-corrected chi connectivity index (χ3v) is 5.39. The molecule has 6 nitrogen and oxygen atoms in total. The molecule has 1 aliphatic heterocycles. The van der Waals surface area contributed by atoms with Gasteiger partial charge in [0.1, 0.15) is 5.58 Å². The summed E-state index contributed by atoms with van der Waals surface area (Å²) < 4.78 is 12.5. The van der Waals surface area contributed by atoms with Crippen LogP contribution < -0.4 is 21.7 Å². The number of ether oxygens (including phenoxy) is 1. The second-order valence-corrected chi connectivity index (χ2v) is 7.46. The monoisotopic (exact) mass is 436 g/mol. The topological polar surface area (TPSA) is 98.3 Å². The first-order chi connectivity index (χ1) is 13.5. The first-order valence-corrected chi connectivity index (χ1v) is 9.34. The molecule has 1 atom stereocenters. The number of anilines is 1. The summed E-state index contributed by atoms with van der Waals surface area (Å²) in [4.78, 5) is 27.6. The zero-order chi connectivity index (χ0) is 19.4. The molecule has 5 rings (SSSR count). The molecule has 0 unspecified atom stereocenters. The van der Waals surface area contributed by atoms with Crippen LogP contribution in [0.5, 0.6) is 11.6 Å². The number of benzene rings is 2. The number of hydrogen-bond donors (Lipinski definition) is 2. The molecule has 0 aliphatic carbocycles. The molecular weight excluding hydrogens is 424 g/mol. The molecule has 0 saturated carbocycles. The molecule has 4 aromatic rings. The number of nitrogens with one attached hydrogen (secondary N) is 1. The van der Waals surface area contributed by atoms with Gasteiger partial charge in [-0.05, 0) is 29.8 Å². The van der Waals surface area contributed by atoms with Crippen molar-refractivity contribution in [1.29, 1.82) is 0 Å². The van der Waals surface area contributed by atoms with Crippen molar-refractivity contribution < 1.29 is 9.15 Å². The van der Waals surface area contributed by atoms with Crippen LogP contribution >= 0.6 is 15.9 Å². The number of H-pyrrole nitrogens is 1.